The fourth-order valence-corrected chi connectivity index (χ4v) is 2.94. The summed E-state index contributed by atoms with van der Waals surface area (Å²) < 4.78 is 0. The van der Waals surface area contributed by atoms with Crippen molar-refractivity contribution in [1.82, 2.24) is 4.98 Å². The maximum atomic E-state index is 4.11. The number of thioether (sulfide) groups is 1. The minimum absolute atomic E-state index is 0.656. The van der Waals surface area contributed by atoms with Crippen molar-refractivity contribution in [3.05, 3.63) is 24.0 Å². The molecule has 2 atom stereocenters. The molecule has 1 aromatic heterocycles. The van der Waals surface area contributed by atoms with Gasteiger partial charge in [0, 0.05) is 29.4 Å². The summed E-state index contributed by atoms with van der Waals surface area (Å²) in [6.45, 7) is 2.11. The van der Waals surface area contributed by atoms with E-state index in [-0.39, 0.29) is 0 Å². The molecule has 2 unspecified atom stereocenters. The molecule has 2 nitrogen and oxygen atoms in total. The highest BCUT2D eigenvalue weighted by Crippen LogP contribution is 2.30. The molecule has 3 heteroatoms. The van der Waals surface area contributed by atoms with E-state index in [0.717, 1.165) is 5.25 Å². The lowest BCUT2D eigenvalue weighted by Crippen LogP contribution is -2.16. The van der Waals surface area contributed by atoms with E-state index in [1.807, 2.05) is 24.2 Å². The van der Waals surface area contributed by atoms with Gasteiger partial charge in [-0.15, -0.1) is 0 Å². The van der Waals surface area contributed by atoms with Crippen LogP contribution in [0.1, 0.15) is 24.8 Å². The predicted molar refractivity (Wildman–Crippen MR) is 67.5 cm³/mol. The van der Waals surface area contributed by atoms with Gasteiger partial charge < -0.3 is 5.32 Å². The Kier molecular flexibility index (Phi) is 3.52. The minimum Gasteiger partial charge on any atom is -0.382 e. The van der Waals surface area contributed by atoms with E-state index in [1.54, 1.807) is 0 Å². The van der Waals surface area contributed by atoms with Crippen LogP contribution in [0, 0.1) is 6.92 Å². The summed E-state index contributed by atoms with van der Waals surface area (Å²) in [5.74, 6) is 0. The fourth-order valence-electron chi connectivity index (χ4n) is 2.14. The van der Waals surface area contributed by atoms with Gasteiger partial charge in [0.1, 0.15) is 0 Å². The van der Waals surface area contributed by atoms with Crippen LogP contribution in [0.15, 0.2) is 18.5 Å². The van der Waals surface area contributed by atoms with Crippen molar-refractivity contribution in [1.29, 1.82) is 0 Å². The van der Waals surface area contributed by atoms with Crippen LogP contribution in [0.4, 0.5) is 5.69 Å². The van der Waals surface area contributed by atoms with Gasteiger partial charge in [-0.05, 0) is 44.1 Å². The first-order valence-electron chi connectivity index (χ1n) is 5.49. The highest BCUT2D eigenvalue weighted by Gasteiger charge is 2.23. The molecular formula is C12H18N2S. The number of nitrogens with zero attached hydrogens (tertiary/aromatic N) is 1. The van der Waals surface area contributed by atoms with Gasteiger partial charge in [-0.1, -0.05) is 0 Å². The summed E-state index contributed by atoms with van der Waals surface area (Å²) in [6, 6.07) is 2.73. The number of pyridine rings is 1. The van der Waals surface area contributed by atoms with Gasteiger partial charge in [-0.25, -0.2) is 0 Å². The highest BCUT2D eigenvalue weighted by atomic mass is 32.2. The van der Waals surface area contributed by atoms with Crippen LogP contribution < -0.4 is 5.32 Å². The molecular weight excluding hydrogens is 204 g/mol. The Morgan fingerprint density at radius 2 is 2.33 bits per heavy atom. The third-order valence-corrected chi connectivity index (χ3v) is 4.19. The van der Waals surface area contributed by atoms with Crippen LogP contribution in [-0.4, -0.2) is 22.5 Å². The Morgan fingerprint density at radius 1 is 1.47 bits per heavy atom. The predicted octanol–water partition coefficient (Wildman–Crippen LogP) is 3.09. The zero-order chi connectivity index (χ0) is 10.7. The molecule has 1 aromatic rings. The Labute approximate surface area is 95.9 Å². The van der Waals surface area contributed by atoms with E-state index in [2.05, 4.69) is 29.5 Å². The number of hydrogen-bond acceptors (Lipinski definition) is 3. The van der Waals surface area contributed by atoms with Crippen LogP contribution in [0.25, 0.3) is 0 Å². The van der Waals surface area contributed by atoms with Gasteiger partial charge in [-0.3, -0.25) is 4.98 Å². The standard InChI is InChI=1S/C12H18N2S/c1-9-8-13-6-5-12(9)14-10-3-4-11(7-10)15-2/h5-6,8,10-11H,3-4,7H2,1-2H3,(H,13,14). The van der Waals surface area contributed by atoms with Crippen LogP contribution in [0.3, 0.4) is 0 Å². The van der Waals surface area contributed by atoms with Crippen LogP contribution in [0.5, 0.6) is 0 Å². The molecule has 1 N–H and O–H groups in total. The van der Waals surface area contributed by atoms with Crippen molar-refractivity contribution >= 4 is 17.4 Å². The van der Waals surface area contributed by atoms with Gasteiger partial charge in [0.15, 0.2) is 0 Å². The Hall–Kier alpha value is -0.700. The van der Waals surface area contributed by atoms with Crippen molar-refractivity contribution in [2.24, 2.45) is 0 Å². The summed E-state index contributed by atoms with van der Waals surface area (Å²) >= 11 is 2.00. The molecule has 0 aliphatic heterocycles. The SMILES string of the molecule is CSC1CCC(Nc2ccncc2C)C1. The highest BCUT2D eigenvalue weighted by molar-refractivity contribution is 7.99. The minimum atomic E-state index is 0.656. The Morgan fingerprint density at radius 3 is 3.00 bits per heavy atom. The maximum absolute atomic E-state index is 4.11. The Balaban J connectivity index is 1.96. The third kappa shape index (κ3) is 2.65. The molecule has 82 valence electrons. The molecule has 0 aromatic carbocycles. The van der Waals surface area contributed by atoms with E-state index < -0.39 is 0 Å². The number of rotatable bonds is 3. The molecule has 0 amide bonds. The molecule has 0 radical (unpaired) electrons. The lowest BCUT2D eigenvalue weighted by atomic mass is 10.2. The van der Waals surface area contributed by atoms with E-state index in [1.165, 1.54) is 30.5 Å². The lowest BCUT2D eigenvalue weighted by Gasteiger charge is -2.15. The quantitative estimate of drug-likeness (QED) is 0.850. The van der Waals surface area contributed by atoms with Gasteiger partial charge in [0.05, 0.1) is 0 Å². The van der Waals surface area contributed by atoms with E-state index >= 15 is 0 Å². The van der Waals surface area contributed by atoms with E-state index in [0.29, 0.717) is 6.04 Å². The molecule has 1 aliphatic rings. The molecule has 0 bridgehead atoms. The van der Waals surface area contributed by atoms with E-state index in [9.17, 15) is 0 Å². The first-order chi connectivity index (χ1) is 7.29. The average molecular weight is 222 g/mol. The molecule has 1 fully saturated rings. The summed E-state index contributed by atoms with van der Waals surface area (Å²) in [7, 11) is 0. The summed E-state index contributed by atoms with van der Waals surface area (Å²) in [5, 5.41) is 4.47. The van der Waals surface area contributed by atoms with Crippen molar-refractivity contribution in [3.8, 4) is 0 Å². The number of aromatic nitrogens is 1. The molecule has 1 heterocycles. The van der Waals surface area contributed by atoms with Gasteiger partial charge in [0.25, 0.3) is 0 Å². The largest absolute Gasteiger partial charge is 0.382 e. The normalized spacial score (nSPS) is 25.5. The molecule has 0 saturated heterocycles. The lowest BCUT2D eigenvalue weighted by molar-refractivity contribution is 0.756. The topological polar surface area (TPSA) is 24.9 Å². The van der Waals surface area contributed by atoms with Crippen molar-refractivity contribution in [2.45, 2.75) is 37.5 Å². The first-order valence-corrected chi connectivity index (χ1v) is 6.78. The number of anilines is 1. The molecule has 1 aliphatic carbocycles. The van der Waals surface area contributed by atoms with Crippen LogP contribution in [0.2, 0.25) is 0 Å². The third-order valence-electron chi connectivity index (χ3n) is 3.10. The van der Waals surface area contributed by atoms with Crippen molar-refractivity contribution < 1.29 is 0 Å². The molecule has 0 spiro atoms. The van der Waals surface area contributed by atoms with Crippen LogP contribution >= 0.6 is 11.8 Å². The maximum Gasteiger partial charge on any atom is 0.0402 e. The van der Waals surface area contributed by atoms with Crippen LogP contribution in [-0.2, 0) is 0 Å². The van der Waals surface area contributed by atoms with Crippen molar-refractivity contribution in [2.75, 3.05) is 11.6 Å². The number of nitrogens with one attached hydrogen (secondary N) is 1. The van der Waals surface area contributed by atoms with Gasteiger partial charge in [-0.2, -0.15) is 11.8 Å². The summed E-state index contributed by atoms with van der Waals surface area (Å²) in [6.07, 6.45) is 9.93. The first kappa shape index (κ1) is 10.8. The molecule has 2 rings (SSSR count). The van der Waals surface area contributed by atoms with Gasteiger partial charge in [0.2, 0.25) is 0 Å². The second-order valence-electron chi connectivity index (χ2n) is 4.20. The molecule has 15 heavy (non-hydrogen) atoms. The van der Waals surface area contributed by atoms with Crippen molar-refractivity contribution in [3.63, 3.8) is 0 Å². The number of aryl methyl sites for hydroxylation is 1. The zero-order valence-electron chi connectivity index (χ0n) is 9.36. The Bertz CT molecular complexity index is 327. The second-order valence-corrected chi connectivity index (χ2v) is 5.34. The van der Waals surface area contributed by atoms with E-state index in [4.69, 9.17) is 0 Å². The summed E-state index contributed by atoms with van der Waals surface area (Å²) in [4.78, 5) is 4.11. The average Bonchev–Trinajstić information content (AvgIpc) is 2.69. The zero-order valence-corrected chi connectivity index (χ0v) is 10.2. The van der Waals surface area contributed by atoms with Gasteiger partial charge >= 0.3 is 0 Å². The fraction of sp³-hybridized carbons (Fsp3) is 0.583. The summed E-state index contributed by atoms with van der Waals surface area (Å²) in [5.41, 5.74) is 2.49. The second kappa shape index (κ2) is 4.88. The smallest absolute Gasteiger partial charge is 0.0402 e. The molecule has 1 saturated carbocycles. The monoisotopic (exact) mass is 222 g/mol. The number of hydrogen-bond donors (Lipinski definition) is 1.